The zero-order valence-electron chi connectivity index (χ0n) is 12.8. The summed E-state index contributed by atoms with van der Waals surface area (Å²) in [4.78, 5) is 24.0. The summed E-state index contributed by atoms with van der Waals surface area (Å²) < 4.78 is 9.99. The first kappa shape index (κ1) is 17.2. The zero-order valence-corrected chi connectivity index (χ0v) is 12.8. The molecule has 21 heavy (non-hydrogen) atoms. The third kappa shape index (κ3) is 5.19. The Morgan fingerprint density at radius 1 is 1.19 bits per heavy atom. The number of amides is 1. The molecule has 2 atom stereocenters. The second-order valence-corrected chi connectivity index (χ2v) is 4.75. The standard InChI is InChI=1S/C16H23NO4/c1-4-5-11-13(16(19)21-3)17-15(18)14(20-2)12-9-7-6-8-10-12/h6-10,13-14H,4-5,11H2,1-3H3,(H,17,18)/t13-,14-/m1/s1. The van der Waals surface area contributed by atoms with E-state index in [2.05, 4.69) is 5.32 Å². The highest BCUT2D eigenvalue weighted by Crippen LogP contribution is 2.17. The van der Waals surface area contributed by atoms with Crippen molar-refractivity contribution < 1.29 is 19.1 Å². The van der Waals surface area contributed by atoms with Crippen LogP contribution in [0.15, 0.2) is 30.3 Å². The lowest BCUT2D eigenvalue weighted by Crippen LogP contribution is -2.44. The minimum atomic E-state index is -0.736. The van der Waals surface area contributed by atoms with Gasteiger partial charge in [-0.15, -0.1) is 0 Å². The van der Waals surface area contributed by atoms with E-state index in [1.165, 1.54) is 14.2 Å². The Kier molecular flexibility index (Phi) is 7.46. The predicted molar refractivity (Wildman–Crippen MR) is 79.7 cm³/mol. The Morgan fingerprint density at radius 2 is 1.86 bits per heavy atom. The highest BCUT2D eigenvalue weighted by atomic mass is 16.5. The average molecular weight is 293 g/mol. The molecule has 1 aromatic carbocycles. The van der Waals surface area contributed by atoms with Crippen LogP contribution in [0.5, 0.6) is 0 Å². The van der Waals surface area contributed by atoms with E-state index in [4.69, 9.17) is 9.47 Å². The molecule has 1 rings (SSSR count). The van der Waals surface area contributed by atoms with Crippen LogP contribution < -0.4 is 5.32 Å². The monoisotopic (exact) mass is 293 g/mol. The number of methoxy groups -OCH3 is 2. The second-order valence-electron chi connectivity index (χ2n) is 4.75. The Hall–Kier alpha value is -1.88. The molecular formula is C16H23NO4. The normalized spacial score (nSPS) is 13.3. The van der Waals surface area contributed by atoms with Gasteiger partial charge in [0.15, 0.2) is 6.10 Å². The molecule has 0 heterocycles. The van der Waals surface area contributed by atoms with E-state index in [-0.39, 0.29) is 5.91 Å². The van der Waals surface area contributed by atoms with Crippen LogP contribution in [0.25, 0.3) is 0 Å². The van der Waals surface area contributed by atoms with Crippen molar-refractivity contribution in [2.24, 2.45) is 0 Å². The summed E-state index contributed by atoms with van der Waals surface area (Å²) in [5, 5.41) is 2.71. The van der Waals surface area contributed by atoms with Gasteiger partial charge in [-0.2, -0.15) is 0 Å². The third-order valence-electron chi connectivity index (χ3n) is 3.22. The highest BCUT2D eigenvalue weighted by Gasteiger charge is 2.26. The van der Waals surface area contributed by atoms with Gasteiger partial charge >= 0.3 is 5.97 Å². The molecule has 0 bridgehead atoms. The Bertz CT molecular complexity index is 447. The van der Waals surface area contributed by atoms with Gasteiger partial charge in [-0.05, 0) is 12.0 Å². The van der Waals surface area contributed by atoms with E-state index in [1.807, 2.05) is 37.3 Å². The van der Waals surface area contributed by atoms with Gasteiger partial charge in [-0.3, -0.25) is 4.79 Å². The van der Waals surface area contributed by atoms with Gasteiger partial charge < -0.3 is 14.8 Å². The minimum Gasteiger partial charge on any atom is -0.467 e. The molecule has 1 N–H and O–H groups in total. The van der Waals surface area contributed by atoms with E-state index >= 15 is 0 Å². The lowest BCUT2D eigenvalue weighted by Gasteiger charge is -2.20. The van der Waals surface area contributed by atoms with Crippen molar-refractivity contribution in [2.75, 3.05) is 14.2 Å². The number of benzene rings is 1. The number of carbonyl (C=O) groups is 2. The quantitative estimate of drug-likeness (QED) is 0.746. The molecule has 0 aliphatic carbocycles. The lowest BCUT2D eigenvalue weighted by molar-refractivity contribution is -0.147. The van der Waals surface area contributed by atoms with Gasteiger partial charge in [-0.1, -0.05) is 50.1 Å². The molecule has 1 aromatic rings. The molecule has 0 spiro atoms. The largest absolute Gasteiger partial charge is 0.467 e. The number of hydrogen-bond donors (Lipinski definition) is 1. The fourth-order valence-electron chi connectivity index (χ4n) is 2.07. The number of nitrogens with one attached hydrogen (secondary N) is 1. The van der Waals surface area contributed by atoms with Crippen molar-refractivity contribution in [2.45, 2.75) is 38.3 Å². The van der Waals surface area contributed by atoms with Gasteiger partial charge in [0.25, 0.3) is 5.91 Å². The number of unbranched alkanes of at least 4 members (excludes halogenated alkanes) is 1. The van der Waals surface area contributed by atoms with Gasteiger partial charge in [0.2, 0.25) is 0 Å². The summed E-state index contributed by atoms with van der Waals surface area (Å²) in [5.74, 6) is -0.769. The summed E-state index contributed by atoms with van der Waals surface area (Å²) in [6.07, 6.45) is 1.60. The van der Waals surface area contributed by atoms with Crippen molar-refractivity contribution in [3.8, 4) is 0 Å². The Balaban J connectivity index is 2.76. The number of esters is 1. The number of hydrogen-bond acceptors (Lipinski definition) is 4. The smallest absolute Gasteiger partial charge is 0.328 e. The molecule has 0 fully saturated rings. The van der Waals surface area contributed by atoms with Crippen molar-refractivity contribution >= 4 is 11.9 Å². The van der Waals surface area contributed by atoms with Gasteiger partial charge in [0.1, 0.15) is 6.04 Å². The maximum absolute atomic E-state index is 12.3. The lowest BCUT2D eigenvalue weighted by atomic mass is 10.1. The van der Waals surface area contributed by atoms with Gasteiger partial charge in [0.05, 0.1) is 7.11 Å². The molecule has 5 nitrogen and oxygen atoms in total. The third-order valence-corrected chi connectivity index (χ3v) is 3.22. The molecular weight excluding hydrogens is 270 g/mol. The molecule has 1 amide bonds. The topological polar surface area (TPSA) is 64.6 Å². The second kappa shape index (κ2) is 9.13. The first-order valence-electron chi connectivity index (χ1n) is 7.10. The van der Waals surface area contributed by atoms with E-state index in [9.17, 15) is 9.59 Å². The van der Waals surface area contributed by atoms with Crippen LogP contribution in [0.3, 0.4) is 0 Å². The van der Waals surface area contributed by atoms with Crippen LogP contribution in [0.4, 0.5) is 0 Å². The van der Waals surface area contributed by atoms with Crippen molar-refractivity contribution in [1.82, 2.24) is 5.32 Å². The van der Waals surface area contributed by atoms with Crippen LogP contribution in [-0.4, -0.2) is 32.1 Å². The zero-order chi connectivity index (χ0) is 15.7. The Labute approximate surface area is 125 Å². The van der Waals surface area contributed by atoms with E-state index in [0.29, 0.717) is 6.42 Å². The van der Waals surface area contributed by atoms with E-state index in [0.717, 1.165) is 18.4 Å². The van der Waals surface area contributed by atoms with E-state index in [1.54, 1.807) is 0 Å². The maximum atomic E-state index is 12.3. The minimum absolute atomic E-state index is 0.338. The van der Waals surface area contributed by atoms with E-state index < -0.39 is 18.1 Å². The molecule has 0 radical (unpaired) electrons. The first-order chi connectivity index (χ1) is 10.1. The molecule has 5 heteroatoms. The SMILES string of the molecule is CCCC[C@@H](NC(=O)[C@H](OC)c1ccccc1)C(=O)OC. The number of carbonyl (C=O) groups excluding carboxylic acids is 2. The molecule has 0 aliphatic heterocycles. The summed E-state index contributed by atoms with van der Waals surface area (Å²) in [6.45, 7) is 2.03. The molecule has 116 valence electrons. The molecule has 0 aromatic heterocycles. The summed E-state index contributed by atoms with van der Waals surface area (Å²) in [7, 11) is 2.79. The predicted octanol–water partition coefficient (Wildman–Crippen LogP) is 2.22. The summed E-state index contributed by atoms with van der Waals surface area (Å²) in [5.41, 5.74) is 0.747. The van der Waals surface area contributed by atoms with Crippen LogP contribution in [0.1, 0.15) is 37.9 Å². The summed E-state index contributed by atoms with van der Waals surface area (Å²) >= 11 is 0. The summed E-state index contributed by atoms with van der Waals surface area (Å²) in [6, 6.07) is 8.53. The van der Waals surface area contributed by atoms with Crippen molar-refractivity contribution in [3.05, 3.63) is 35.9 Å². The van der Waals surface area contributed by atoms with Gasteiger partial charge in [0, 0.05) is 7.11 Å². The fourth-order valence-corrected chi connectivity index (χ4v) is 2.07. The number of rotatable bonds is 8. The Morgan fingerprint density at radius 3 is 2.38 bits per heavy atom. The van der Waals surface area contributed by atoms with Crippen LogP contribution >= 0.6 is 0 Å². The fraction of sp³-hybridized carbons (Fsp3) is 0.500. The van der Waals surface area contributed by atoms with Crippen LogP contribution in [-0.2, 0) is 19.1 Å². The average Bonchev–Trinajstić information content (AvgIpc) is 2.52. The molecule has 0 saturated heterocycles. The van der Waals surface area contributed by atoms with Crippen molar-refractivity contribution in [3.63, 3.8) is 0 Å². The van der Waals surface area contributed by atoms with Gasteiger partial charge in [-0.25, -0.2) is 4.79 Å². The first-order valence-corrected chi connectivity index (χ1v) is 7.10. The highest BCUT2D eigenvalue weighted by molar-refractivity contribution is 5.87. The number of ether oxygens (including phenoxy) is 2. The molecule has 0 aliphatic rings. The molecule has 0 unspecified atom stereocenters. The van der Waals surface area contributed by atoms with Crippen LogP contribution in [0, 0.1) is 0 Å². The maximum Gasteiger partial charge on any atom is 0.328 e. The van der Waals surface area contributed by atoms with Crippen molar-refractivity contribution in [1.29, 1.82) is 0 Å². The molecule has 0 saturated carbocycles. The van der Waals surface area contributed by atoms with Crippen LogP contribution in [0.2, 0.25) is 0 Å².